The second kappa shape index (κ2) is 8.41. The molecule has 1 unspecified atom stereocenters. The number of nitrogens with zero attached hydrogens (tertiary/aromatic N) is 3. The van der Waals surface area contributed by atoms with Crippen molar-refractivity contribution in [1.29, 1.82) is 0 Å². The summed E-state index contributed by atoms with van der Waals surface area (Å²) in [4.78, 5) is 27.7. The maximum absolute atomic E-state index is 12.4. The Morgan fingerprint density at radius 2 is 1.93 bits per heavy atom. The van der Waals surface area contributed by atoms with Crippen LogP contribution in [0.25, 0.3) is 0 Å². The van der Waals surface area contributed by atoms with Gasteiger partial charge >= 0.3 is 6.09 Å². The van der Waals surface area contributed by atoms with Crippen LogP contribution in [0.1, 0.15) is 52.5 Å². The lowest BCUT2D eigenvalue weighted by Gasteiger charge is -2.43. The van der Waals surface area contributed by atoms with Crippen LogP contribution < -0.4 is 5.32 Å². The molecule has 2 aliphatic heterocycles. The lowest BCUT2D eigenvalue weighted by atomic mass is 9.93. The quantitative estimate of drug-likeness (QED) is 0.583. The van der Waals surface area contributed by atoms with E-state index in [1.807, 2.05) is 38.7 Å². The van der Waals surface area contributed by atoms with Crippen molar-refractivity contribution in [2.45, 2.75) is 71.1 Å². The highest BCUT2D eigenvalue weighted by atomic mass is 16.6. The van der Waals surface area contributed by atoms with Crippen molar-refractivity contribution >= 4 is 17.5 Å². The van der Waals surface area contributed by atoms with E-state index in [9.17, 15) is 14.9 Å². The molecule has 0 aliphatic carbocycles. The summed E-state index contributed by atoms with van der Waals surface area (Å²) in [6.07, 6.45) is 2.50. The lowest BCUT2D eigenvalue weighted by molar-refractivity contribution is -0.384. The molecule has 1 aromatic rings. The number of nitro benzene ring substituents is 1. The van der Waals surface area contributed by atoms with Crippen molar-refractivity contribution in [3.05, 3.63) is 33.9 Å². The van der Waals surface area contributed by atoms with Crippen LogP contribution in [0, 0.1) is 17.0 Å². The molecule has 166 valence electrons. The van der Waals surface area contributed by atoms with Crippen molar-refractivity contribution < 1.29 is 14.5 Å². The van der Waals surface area contributed by atoms with Gasteiger partial charge in [-0.25, -0.2) is 4.79 Å². The summed E-state index contributed by atoms with van der Waals surface area (Å²) in [6, 6.07) is 5.52. The molecule has 3 rings (SSSR count). The summed E-state index contributed by atoms with van der Waals surface area (Å²) in [5.74, 6) is 0. The molecule has 2 saturated heterocycles. The highest BCUT2D eigenvalue weighted by molar-refractivity contribution is 5.68. The normalized spacial score (nSPS) is 23.4. The molecule has 0 saturated carbocycles. The van der Waals surface area contributed by atoms with Crippen LogP contribution in [-0.4, -0.2) is 64.2 Å². The van der Waals surface area contributed by atoms with Gasteiger partial charge in [0.05, 0.1) is 4.92 Å². The van der Waals surface area contributed by atoms with E-state index in [1.165, 1.54) is 0 Å². The number of nitro groups is 1. The first-order valence-corrected chi connectivity index (χ1v) is 10.7. The minimum Gasteiger partial charge on any atom is -0.444 e. The molecule has 1 aromatic carbocycles. The summed E-state index contributed by atoms with van der Waals surface area (Å²) in [5, 5.41) is 14.8. The van der Waals surface area contributed by atoms with Gasteiger partial charge in [-0.3, -0.25) is 15.0 Å². The standard InChI is InChI=1S/C22H34N4O4/c1-16-6-7-18(19(14-16)26(28)29)23-17-8-11-25(12-9-17)22(5)10-13-24(15-22)20(27)30-21(2,3)4/h6-7,14,17,23H,8-13,15H2,1-5H3. The monoisotopic (exact) mass is 418 g/mol. The first-order chi connectivity index (χ1) is 14.0. The third-order valence-corrected chi connectivity index (χ3v) is 6.07. The highest BCUT2D eigenvalue weighted by Gasteiger charge is 2.42. The molecule has 8 heteroatoms. The fourth-order valence-electron chi connectivity index (χ4n) is 4.38. The van der Waals surface area contributed by atoms with Gasteiger partial charge in [-0.05, 0) is 65.5 Å². The molecule has 1 amide bonds. The Kier molecular flexibility index (Phi) is 6.26. The molecule has 1 N–H and O–H groups in total. The van der Waals surface area contributed by atoms with E-state index in [1.54, 1.807) is 12.1 Å². The Balaban J connectivity index is 1.56. The summed E-state index contributed by atoms with van der Waals surface area (Å²) in [7, 11) is 0. The van der Waals surface area contributed by atoms with Gasteiger partial charge in [-0.2, -0.15) is 0 Å². The fourth-order valence-corrected chi connectivity index (χ4v) is 4.38. The summed E-state index contributed by atoms with van der Waals surface area (Å²) in [5.41, 5.74) is 1.06. The van der Waals surface area contributed by atoms with Crippen LogP contribution >= 0.6 is 0 Å². The molecule has 1 atom stereocenters. The number of hydrogen-bond acceptors (Lipinski definition) is 6. The molecular weight excluding hydrogens is 384 g/mol. The van der Waals surface area contributed by atoms with Crippen LogP contribution in [0.15, 0.2) is 18.2 Å². The molecule has 0 radical (unpaired) electrons. The largest absolute Gasteiger partial charge is 0.444 e. The highest BCUT2D eigenvalue weighted by Crippen LogP contribution is 2.33. The van der Waals surface area contributed by atoms with Gasteiger partial charge in [0.1, 0.15) is 11.3 Å². The summed E-state index contributed by atoms with van der Waals surface area (Å²) in [6.45, 7) is 12.9. The number of rotatable bonds is 4. The second-order valence-electron chi connectivity index (χ2n) is 9.83. The maximum Gasteiger partial charge on any atom is 0.410 e. The van der Waals surface area contributed by atoms with Crippen molar-refractivity contribution in [3.63, 3.8) is 0 Å². The smallest absolute Gasteiger partial charge is 0.410 e. The molecule has 2 heterocycles. The van der Waals surface area contributed by atoms with E-state index < -0.39 is 5.60 Å². The van der Waals surface area contributed by atoms with Crippen LogP contribution in [0.3, 0.4) is 0 Å². The zero-order chi connectivity index (χ0) is 22.1. The van der Waals surface area contributed by atoms with Gasteiger partial charge in [-0.1, -0.05) is 6.07 Å². The number of benzene rings is 1. The number of carbonyl (C=O) groups is 1. The number of ether oxygens (including phenoxy) is 1. The average molecular weight is 419 g/mol. The van der Waals surface area contributed by atoms with Crippen molar-refractivity contribution in [3.8, 4) is 0 Å². The minimum atomic E-state index is -0.487. The van der Waals surface area contributed by atoms with Gasteiger partial charge in [0.2, 0.25) is 0 Å². The van der Waals surface area contributed by atoms with Crippen molar-refractivity contribution in [2.75, 3.05) is 31.5 Å². The third-order valence-electron chi connectivity index (χ3n) is 6.07. The van der Waals surface area contributed by atoms with E-state index in [2.05, 4.69) is 17.1 Å². The Morgan fingerprint density at radius 3 is 2.53 bits per heavy atom. The van der Waals surface area contributed by atoms with Gasteiger partial charge in [0.25, 0.3) is 5.69 Å². The minimum absolute atomic E-state index is 0.0578. The predicted octanol–water partition coefficient (Wildman–Crippen LogP) is 4.18. The lowest BCUT2D eigenvalue weighted by Crippen LogP contribution is -2.53. The second-order valence-corrected chi connectivity index (χ2v) is 9.83. The van der Waals surface area contributed by atoms with Crippen molar-refractivity contribution in [1.82, 2.24) is 9.80 Å². The molecule has 0 spiro atoms. The number of hydrogen-bond donors (Lipinski definition) is 1. The summed E-state index contributed by atoms with van der Waals surface area (Å²) < 4.78 is 5.53. The Hall–Kier alpha value is -2.35. The molecule has 8 nitrogen and oxygen atoms in total. The van der Waals surface area contributed by atoms with E-state index in [4.69, 9.17) is 4.74 Å². The number of anilines is 1. The number of nitrogens with one attached hydrogen (secondary N) is 1. The maximum atomic E-state index is 12.4. The van der Waals surface area contributed by atoms with Gasteiger partial charge in [0.15, 0.2) is 0 Å². The first-order valence-electron chi connectivity index (χ1n) is 10.7. The van der Waals surface area contributed by atoms with Crippen molar-refractivity contribution in [2.24, 2.45) is 0 Å². The van der Waals surface area contributed by atoms with E-state index in [0.29, 0.717) is 18.8 Å². The van der Waals surface area contributed by atoms with Crippen LogP contribution in [0.5, 0.6) is 0 Å². The SMILES string of the molecule is Cc1ccc(NC2CCN(C3(C)CCN(C(=O)OC(C)(C)C)C3)CC2)c([N+](=O)[O-])c1. The van der Waals surface area contributed by atoms with Gasteiger partial charge in [-0.15, -0.1) is 0 Å². The van der Waals surface area contributed by atoms with Crippen LogP contribution in [0.2, 0.25) is 0 Å². The third kappa shape index (κ3) is 5.22. The van der Waals surface area contributed by atoms with Gasteiger partial charge < -0.3 is 15.0 Å². The van der Waals surface area contributed by atoms with E-state index in [-0.39, 0.29) is 28.3 Å². The van der Waals surface area contributed by atoms with E-state index >= 15 is 0 Å². The zero-order valence-corrected chi connectivity index (χ0v) is 18.7. The Morgan fingerprint density at radius 1 is 1.27 bits per heavy atom. The number of carbonyl (C=O) groups excluding carboxylic acids is 1. The number of piperidine rings is 1. The predicted molar refractivity (Wildman–Crippen MR) is 117 cm³/mol. The Bertz CT molecular complexity index is 799. The average Bonchev–Trinajstić information content (AvgIpc) is 3.06. The molecule has 0 aromatic heterocycles. The topological polar surface area (TPSA) is 88.0 Å². The molecule has 2 aliphatic rings. The number of amides is 1. The molecule has 2 fully saturated rings. The molecule has 0 bridgehead atoms. The molecular formula is C22H34N4O4. The number of likely N-dealkylation sites (tertiary alicyclic amines) is 2. The van der Waals surface area contributed by atoms with Crippen LogP contribution in [0.4, 0.5) is 16.2 Å². The fraction of sp³-hybridized carbons (Fsp3) is 0.682. The van der Waals surface area contributed by atoms with Gasteiger partial charge in [0, 0.05) is 43.8 Å². The summed E-state index contributed by atoms with van der Waals surface area (Å²) >= 11 is 0. The first kappa shape index (κ1) is 22.3. The number of aryl methyl sites for hydroxylation is 1. The zero-order valence-electron chi connectivity index (χ0n) is 18.7. The van der Waals surface area contributed by atoms with E-state index in [0.717, 1.165) is 37.9 Å². The Labute approximate surface area is 178 Å². The molecule has 30 heavy (non-hydrogen) atoms. The van der Waals surface area contributed by atoms with Crippen LogP contribution in [-0.2, 0) is 4.74 Å².